The summed E-state index contributed by atoms with van der Waals surface area (Å²) in [5.41, 5.74) is 0.783. The van der Waals surface area contributed by atoms with Crippen LogP contribution in [0.5, 0.6) is 0 Å². The number of allylic oxidation sites excluding steroid dienone is 5. The van der Waals surface area contributed by atoms with Crippen LogP contribution in [-0.2, 0) is 4.74 Å². The van der Waals surface area contributed by atoms with E-state index in [-0.39, 0.29) is 5.57 Å². The molecule has 0 aromatic heterocycles. The molecule has 0 aromatic carbocycles. The average molecular weight is 231 g/mol. The van der Waals surface area contributed by atoms with Gasteiger partial charge in [0.25, 0.3) is 0 Å². The van der Waals surface area contributed by atoms with E-state index < -0.39 is 9.68 Å². The van der Waals surface area contributed by atoms with Gasteiger partial charge in [0.1, 0.15) is 23.5 Å². The minimum absolute atomic E-state index is 0.132. The van der Waals surface area contributed by atoms with Crippen molar-refractivity contribution in [1.82, 2.24) is 4.57 Å². The number of hydrogen-bond acceptors (Lipinski definition) is 4. The van der Waals surface area contributed by atoms with Crippen molar-refractivity contribution in [3.63, 3.8) is 0 Å². The molecule has 0 atom stereocenters. The summed E-state index contributed by atoms with van der Waals surface area (Å²) in [6.07, 6.45) is 3.51. The molecule has 1 rings (SSSR count). The van der Waals surface area contributed by atoms with Crippen LogP contribution in [0.1, 0.15) is 6.92 Å². The Bertz CT molecular complexity index is 445. The summed E-state index contributed by atoms with van der Waals surface area (Å²) in [5.74, 6) is 0.727. The third-order valence-corrected chi connectivity index (χ3v) is 3.24. The third kappa shape index (κ3) is 3.09. The maximum absolute atomic E-state index is 8.80. The Hall–Kier alpha value is -1.82. The summed E-state index contributed by atoms with van der Waals surface area (Å²) >= 11 is 0. The van der Waals surface area contributed by atoms with Gasteiger partial charge in [-0.3, -0.25) is 0 Å². The van der Waals surface area contributed by atoms with Gasteiger partial charge in [-0.15, -0.1) is 0 Å². The van der Waals surface area contributed by atoms with E-state index in [0.29, 0.717) is 5.57 Å². The fourth-order valence-corrected chi connectivity index (χ4v) is 2.61. The van der Waals surface area contributed by atoms with Crippen molar-refractivity contribution in [2.45, 2.75) is 6.92 Å². The quantitative estimate of drug-likeness (QED) is 0.520. The van der Waals surface area contributed by atoms with Crippen molar-refractivity contribution in [3.8, 4) is 12.1 Å². The first-order valence-electron chi connectivity index (χ1n) is 4.82. The van der Waals surface area contributed by atoms with Crippen LogP contribution in [0.3, 0.4) is 0 Å². The van der Waals surface area contributed by atoms with E-state index in [1.807, 2.05) is 33.2 Å². The molecule has 82 valence electrons. The standard InChI is InChI=1S/C11H13N3OSi/c1-8-4-9(10(6-12)7-13)5-11(15-8)16-14(2)3/h4-5H,16H2,1-3H3. The Morgan fingerprint density at radius 3 is 2.44 bits per heavy atom. The third-order valence-electron chi connectivity index (χ3n) is 1.95. The molecule has 0 amide bonds. The van der Waals surface area contributed by atoms with Gasteiger partial charge >= 0.3 is 0 Å². The monoisotopic (exact) mass is 231 g/mol. The lowest BCUT2D eigenvalue weighted by Crippen LogP contribution is -2.21. The maximum atomic E-state index is 8.80. The summed E-state index contributed by atoms with van der Waals surface area (Å²) in [5, 5.41) is 18.5. The molecule has 0 radical (unpaired) electrons. The molecule has 1 aliphatic heterocycles. The van der Waals surface area contributed by atoms with Crippen LogP contribution >= 0.6 is 0 Å². The van der Waals surface area contributed by atoms with Crippen LogP contribution in [0, 0.1) is 22.7 Å². The van der Waals surface area contributed by atoms with Gasteiger partial charge in [0.05, 0.1) is 5.38 Å². The summed E-state index contributed by atoms with van der Waals surface area (Å²) in [6.45, 7) is 1.82. The molecule has 0 spiro atoms. The first-order chi connectivity index (χ1) is 7.56. The highest BCUT2D eigenvalue weighted by atomic mass is 28.2. The molecule has 1 aliphatic rings. The molecule has 0 saturated carbocycles. The highest BCUT2D eigenvalue weighted by Crippen LogP contribution is 2.20. The maximum Gasteiger partial charge on any atom is 0.172 e. The topological polar surface area (TPSA) is 60.0 Å². The zero-order valence-electron chi connectivity index (χ0n) is 9.61. The van der Waals surface area contributed by atoms with Gasteiger partial charge in [0.15, 0.2) is 9.68 Å². The summed E-state index contributed by atoms with van der Waals surface area (Å²) in [7, 11) is 3.35. The van der Waals surface area contributed by atoms with Gasteiger partial charge in [-0.1, -0.05) is 0 Å². The van der Waals surface area contributed by atoms with Crippen molar-refractivity contribution in [2.75, 3.05) is 14.1 Å². The lowest BCUT2D eigenvalue weighted by atomic mass is 10.1. The summed E-state index contributed by atoms with van der Waals surface area (Å²) < 4.78 is 7.65. The number of rotatable bonds is 2. The lowest BCUT2D eigenvalue weighted by Gasteiger charge is -2.18. The van der Waals surface area contributed by atoms with Gasteiger partial charge in [-0.25, -0.2) is 0 Å². The van der Waals surface area contributed by atoms with Crippen LogP contribution in [0.15, 0.2) is 34.4 Å². The summed E-state index contributed by atoms with van der Waals surface area (Å²) in [6, 6.07) is 3.78. The Morgan fingerprint density at radius 2 is 1.94 bits per heavy atom. The highest BCUT2D eigenvalue weighted by molar-refractivity contribution is 6.41. The molecule has 0 saturated heterocycles. The Labute approximate surface area is 97.6 Å². The fraction of sp³-hybridized carbons (Fsp3) is 0.273. The molecule has 4 nitrogen and oxygen atoms in total. The van der Waals surface area contributed by atoms with Crippen LogP contribution in [0.4, 0.5) is 0 Å². The van der Waals surface area contributed by atoms with Gasteiger partial charge < -0.3 is 9.30 Å². The van der Waals surface area contributed by atoms with Gasteiger partial charge in [-0.2, -0.15) is 10.5 Å². The highest BCUT2D eigenvalue weighted by Gasteiger charge is 2.12. The summed E-state index contributed by atoms with van der Waals surface area (Å²) in [4.78, 5) is 0. The second kappa shape index (κ2) is 5.31. The molecule has 0 bridgehead atoms. The molecule has 0 aliphatic carbocycles. The zero-order chi connectivity index (χ0) is 12.1. The molecule has 0 unspecified atom stereocenters. The number of nitrogens with zero attached hydrogens (tertiary/aromatic N) is 3. The van der Waals surface area contributed by atoms with E-state index in [4.69, 9.17) is 15.3 Å². The first-order valence-corrected chi connectivity index (χ1v) is 6.16. The Kier molecular flexibility index (Phi) is 4.07. The van der Waals surface area contributed by atoms with Gasteiger partial charge in [0, 0.05) is 5.57 Å². The smallest absolute Gasteiger partial charge is 0.172 e. The van der Waals surface area contributed by atoms with Gasteiger partial charge in [0.2, 0.25) is 0 Å². The fourth-order valence-electron chi connectivity index (χ4n) is 1.39. The number of nitriles is 2. The van der Waals surface area contributed by atoms with Crippen LogP contribution in [0.2, 0.25) is 0 Å². The van der Waals surface area contributed by atoms with Crippen molar-refractivity contribution in [3.05, 3.63) is 34.4 Å². The predicted octanol–water partition coefficient (Wildman–Crippen LogP) is 0.751. The number of hydrogen-bond donors (Lipinski definition) is 0. The van der Waals surface area contributed by atoms with Crippen molar-refractivity contribution >= 4 is 9.68 Å². The lowest BCUT2D eigenvalue weighted by molar-refractivity contribution is 0.325. The van der Waals surface area contributed by atoms with Crippen LogP contribution in [0.25, 0.3) is 0 Å². The van der Waals surface area contributed by atoms with E-state index in [0.717, 1.165) is 11.1 Å². The van der Waals surface area contributed by atoms with E-state index in [9.17, 15) is 0 Å². The second-order valence-electron chi connectivity index (χ2n) is 3.76. The minimum atomic E-state index is -0.632. The second-order valence-corrected chi connectivity index (χ2v) is 6.04. The first kappa shape index (κ1) is 12.2. The van der Waals surface area contributed by atoms with Gasteiger partial charge in [-0.05, 0) is 33.2 Å². The zero-order valence-corrected chi connectivity index (χ0v) is 11.0. The molecule has 0 N–H and O–H groups in total. The van der Waals surface area contributed by atoms with E-state index >= 15 is 0 Å². The van der Waals surface area contributed by atoms with Crippen molar-refractivity contribution < 1.29 is 4.74 Å². The molecular formula is C11H13N3OSi. The van der Waals surface area contributed by atoms with Crippen molar-refractivity contribution in [1.29, 1.82) is 10.5 Å². The molecule has 1 heterocycles. The molecular weight excluding hydrogens is 218 g/mol. The largest absolute Gasteiger partial charge is 0.471 e. The van der Waals surface area contributed by atoms with E-state index in [2.05, 4.69) is 4.57 Å². The molecule has 16 heavy (non-hydrogen) atoms. The van der Waals surface area contributed by atoms with Crippen molar-refractivity contribution in [2.24, 2.45) is 0 Å². The molecule has 0 fully saturated rings. The average Bonchev–Trinajstić information content (AvgIpc) is 2.17. The predicted molar refractivity (Wildman–Crippen MR) is 63.4 cm³/mol. The van der Waals surface area contributed by atoms with E-state index in [1.54, 1.807) is 12.2 Å². The number of ether oxygens (including phenoxy) is 1. The van der Waals surface area contributed by atoms with Crippen LogP contribution < -0.4 is 0 Å². The molecule has 5 heteroatoms. The SMILES string of the molecule is CC1=CC(=C(C#N)C#N)C=C([SiH2]N(C)C)O1. The van der Waals surface area contributed by atoms with Crippen LogP contribution in [-0.4, -0.2) is 28.3 Å². The van der Waals surface area contributed by atoms with E-state index in [1.165, 1.54) is 0 Å². The molecule has 0 aromatic rings. The minimum Gasteiger partial charge on any atom is -0.471 e. The Morgan fingerprint density at radius 1 is 1.31 bits per heavy atom. The Balaban J connectivity index is 3.08. The normalized spacial score (nSPS) is 15.2.